The summed E-state index contributed by atoms with van der Waals surface area (Å²) in [6, 6.07) is 20.0. The minimum atomic E-state index is -0.288. The largest absolute Gasteiger partial charge is 0.484 e. The molecule has 0 unspecified atom stereocenters. The number of nitrogens with one attached hydrogen (secondary N) is 1. The molecule has 2 amide bonds. The molecule has 0 aliphatic rings. The van der Waals surface area contributed by atoms with Crippen molar-refractivity contribution in [3.63, 3.8) is 0 Å². The Labute approximate surface area is 187 Å². The molecule has 3 aromatic rings. The molecule has 0 saturated heterocycles. The van der Waals surface area contributed by atoms with Gasteiger partial charge in [0, 0.05) is 28.5 Å². The molecule has 0 saturated carbocycles. The minimum absolute atomic E-state index is 0.0941. The van der Waals surface area contributed by atoms with Crippen LogP contribution >= 0.6 is 11.6 Å². The zero-order chi connectivity index (χ0) is 22.4. The topological polar surface area (TPSA) is 58.6 Å². The van der Waals surface area contributed by atoms with E-state index in [0.717, 1.165) is 16.8 Å². The lowest BCUT2D eigenvalue weighted by atomic mass is 10.1. The second-order valence-corrected chi connectivity index (χ2v) is 7.55. The number of carbonyl (C=O) groups is 2. The Morgan fingerprint density at radius 1 is 0.968 bits per heavy atom. The van der Waals surface area contributed by atoms with E-state index in [-0.39, 0.29) is 18.4 Å². The Morgan fingerprint density at radius 3 is 2.16 bits per heavy atom. The number of aryl methyl sites for hydroxylation is 2. The van der Waals surface area contributed by atoms with E-state index in [1.54, 1.807) is 41.3 Å². The highest BCUT2D eigenvalue weighted by atomic mass is 35.5. The predicted molar refractivity (Wildman–Crippen MR) is 125 cm³/mol. The third-order valence-electron chi connectivity index (χ3n) is 4.82. The summed E-state index contributed by atoms with van der Waals surface area (Å²) in [7, 11) is 0. The molecule has 0 aliphatic heterocycles. The van der Waals surface area contributed by atoms with E-state index < -0.39 is 0 Å². The summed E-state index contributed by atoms with van der Waals surface area (Å²) in [6.45, 7) is 6.15. The lowest BCUT2D eigenvalue weighted by Gasteiger charge is -2.21. The van der Waals surface area contributed by atoms with Gasteiger partial charge in [0.25, 0.3) is 11.8 Å². The van der Waals surface area contributed by atoms with Crippen LogP contribution in [-0.2, 0) is 4.79 Å². The van der Waals surface area contributed by atoms with Crippen LogP contribution in [0.1, 0.15) is 28.4 Å². The molecule has 0 aromatic heterocycles. The third-order valence-corrected chi connectivity index (χ3v) is 5.42. The highest BCUT2D eigenvalue weighted by molar-refractivity contribution is 6.32. The van der Waals surface area contributed by atoms with Crippen LogP contribution in [0, 0.1) is 13.8 Å². The average Bonchev–Trinajstić information content (AvgIpc) is 2.77. The molecule has 3 rings (SSSR count). The number of hydrogen-bond acceptors (Lipinski definition) is 3. The maximum absolute atomic E-state index is 12.9. The van der Waals surface area contributed by atoms with Gasteiger partial charge in [0.1, 0.15) is 5.75 Å². The van der Waals surface area contributed by atoms with Crippen molar-refractivity contribution >= 4 is 34.8 Å². The minimum Gasteiger partial charge on any atom is -0.484 e. The number of amides is 2. The van der Waals surface area contributed by atoms with Crippen LogP contribution in [0.3, 0.4) is 0 Å². The number of nitrogens with zero attached hydrogens (tertiary/aromatic N) is 1. The van der Waals surface area contributed by atoms with Gasteiger partial charge in [0.15, 0.2) is 6.61 Å². The Bertz CT molecular complexity index is 1040. The average molecular weight is 437 g/mol. The van der Waals surface area contributed by atoms with Crippen LogP contribution in [0.5, 0.6) is 5.75 Å². The van der Waals surface area contributed by atoms with Crippen molar-refractivity contribution in [2.24, 2.45) is 0 Å². The van der Waals surface area contributed by atoms with Gasteiger partial charge in [-0.1, -0.05) is 29.8 Å². The summed E-state index contributed by atoms with van der Waals surface area (Å²) in [5.41, 5.74) is 3.78. The van der Waals surface area contributed by atoms with Gasteiger partial charge in [0.2, 0.25) is 0 Å². The summed E-state index contributed by atoms with van der Waals surface area (Å²) >= 11 is 6.16. The molecule has 0 spiro atoms. The molecule has 3 aromatic carbocycles. The summed E-state index contributed by atoms with van der Waals surface area (Å²) in [5.74, 6) is 0.211. The van der Waals surface area contributed by atoms with Crippen molar-refractivity contribution < 1.29 is 14.3 Å². The van der Waals surface area contributed by atoms with Crippen molar-refractivity contribution in [1.82, 2.24) is 0 Å². The van der Waals surface area contributed by atoms with Gasteiger partial charge < -0.3 is 15.0 Å². The van der Waals surface area contributed by atoms with E-state index in [1.807, 2.05) is 51.1 Å². The quantitative estimate of drug-likeness (QED) is 0.521. The fourth-order valence-electron chi connectivity index (χ4n) is 3.24. The number of halogens is 1. The van der Waals surface area contributed by atoms with Crippen molar-refractivity contribution in [3.05, 3.63) is 88.4 Å². The van der Waals surface area contributed by atoms with Gasteiger partial charge in [-0.05, 0) is 80.4 Å². The molecule has 31 heavy (non-hydrogen) atoms. The van der Waals surface area contributed by atoms with Gasteiger partial charge in [-0.3, -0.25) is 9.59 Å². The van der Waals surface area contributed by atoms with Crippen molar-refractivity contribution in [2.45, 2.75) is 20.8 Å². The molecule has 0 heterocycles. The number of para-hydroxylation sites is 1. The summed E-state index contributed by atoms with van der Waals surface area (Å²) in [5, 5.41) is 3.47. The molecule has 0 bridgehead atoms. The fourth-order valence-corrected chi connectivity index (χ4v) is 3.35. The Morgan fingerprint density at radius 2 is 1.58 bits per heavy atom. The highest BCUT2D eigenvalue weighted by Gasteiger charge is 2.16. The summed E-state index contributed by atoms with van der Waals surface area (Å²) < 4.78 is 5.58. The molecule has 0 fully saturated rings. The zero-order valence-corrected chi connectivity index (χ0v) is 18.6. The van der Waals surface area contributed by atoms with Crippen LogP contribution in [0.4, 0.5) is 11.4 Å². The standard InChI is InChI=1S/C25H25ClN2O3/c1-4-28(21-8-6-5-7-9-21)25(30)19-10-12-20(13-11-19)27-23(29)16-31-22-14-17(2)24(26)18(3)15-22/h5-15H,4,16H2,1-3H3,(H,27,29). The molecule has 160 valence electrons. The summed E-state index contributed by atoms with van der Waals surface area (Å²) in [6.07, 6.45) is 0. The maximum Gasteiger partial charge on any atom is 0.262 e. The number of benzene rings is 3. The highest BCUT2D eigenvalue weighted by Crippen LogP contribution is 2.26. The fraction of sp³-hybridized carbons (Fsp3) is 0.200. The lowest BCUT2D eigenvalue weighted by Crippen LogP contribution is -2.30. The van der Waals surface area contributed by atoms with Gasteiger partial charge in [-0.15, -0.1) is 0 Å². The Balaban J connectivity index is 1.60. The molecule has 6 heteroatoms. The third kappa shape index (κ3) is 5.64. The number of rotatable bonds is 7. The first kappa shape index (κ1) is 22.4. The van der Waals surface area contributed by atoms with Crippen LogP contribution in [0.2, 0.25) is 5.02 Å². The first-order valence-electron chi connectivity index (χ1n) is 10.1. The first-order chi connectivity index (χ1) is 14.9. The van der Waals surface area contributed by atoms with Gasteiger partial charge in [-0.25, -0.2) is 0 Å². The first-order valence-corrected chi connectivity index (χ1v) is 10.4. The van der Waals surface area contributed by atoms with Crippen molar-refractivity contribution in [1.29, 1.82) is 0 Å². The van der Waals surface area contributed by atoms with E-state index >= 15 is 0 Å². The molecule has 0 atom stereocenters. The van der Waals surface area contributed by atoms with Crippen molar-refractivity contribution in [2.75, 3.05) is 23.4 Å². The van der Waals surface area contributed by atoms with Crippen LogP contribution in [0.15, 0.2) is 66.7 Å². The van der Waals surface area contributed by atoms with Crippen LogP contribution in [0.25, 0.3) is 0 Å². The van der Waals surface area contributed by atoms with E-state index in [0.29, 0.717) is 28.6 Å². The van der Waals surface area contributed by atoms with Crippen LogP contribution < -0.4 is 15.0 Å². The normalized spacial score (nSPS) is 10.5. The van der Waals surface area contributed by atoms with E-state index in [1.165, 1.54) is 0 Å². The molecular formula is C25H25ClN2O3. The number of hydrogen-bond donors (Lipinski definition) is 1. The van der Waals surface area contributed by atoms with E-state index in [4.69, 9.17) is 16.3 Å². The van der Waals surface area contributed by atoms with Gasteiger partial charge in [-0.2, -0.15) is 0 Å². The van der Waals surface area contributed by atoms with E-state index in [2.05, 4.69) is 5.32 Å². The number of anilines is 2. The molecule has 5 nitrogen and oxygen atoms in total. The number of carbonyl (C=O) groups excluding carboxylic acids is 2. The molecular weight excluding hydrogens is 412 g/mol. The van der Waals surface area contributed by atoms with Gasteiger partial charge >= 0.3 is 0 Å². The maximum atomic E-state index is 12.9. The second-order valence-electron chi connectivity index (χ2n) is 7.17. The lowest BCUT2D eigenvalue weighted by molar-refractivity contribution is -0.118. The van der Waals surface area contributed by atoms with E-state index in [9.17, 15) is 9.59 Å². The predicted octanol–water partition coefficient (Wildman–Crippen LogP) is 5.64. The summed E-state index contributed by atoms with van der Waals surface area (Å²) in [4.78, 5) is 26.8. The Hall–Kier alpha value is -3.31. The molecule has 1 N–H and O–H groups in total. The second kappa shape index (κ2) is 10.1. The molecule has 0 aliphatic carbocycles. The SMILES string of the molecule is CCN(C(=O)c1ccc(NC(=O)COc2cc(C)c(Cl)c(C)c2)cc1)c1ccccc1. The monoisotopic (exact) mass is 436 g/mol. The van der Waals surface area contributed by atoms with Crippen molar-refractivity contribution in [3.8, 4) is 5.75 Å². The molecule has 0 radical (unpaired) electrons. The van der Waals surface area contributed by atoms with Gasteiger partial charge in [0.05, 0.1) is 0 Å². The number of ether oxygens (including phenoxy) is 1. The van der Waals surface area contributed by atoms with Crippen LogP contribution in [-0.4, -0.2) is 25.0 Å². The Kier molecular flexibility index (Phi) is 7.32. The zero-order valence-electron chi connectivity index (χ0n) is 17.8. The smallest absolute Gasteiger partial charge is 0.262 e.